The zero-order chi connectivity index (χ0) is 17.7. The lowest BCUT2D eigenvalue weighted by Gasteiger charge is -2.21. The van der Waals surface area contributed by atoms with Gasteiger partial charge in [-0.1, -0.05) is 19.9 Å². The molecule has 1 heterocycles. The highest BCUT2D eigenvalue weighted by Crippen LogP contribution is 2.22. The van der Waals surface area contributed by atoms with Crippen LogP contribution in [0.4, 0.5) is 5.69 Å². The van der Waals surface area contributed by atoms with E-state index < -0.39 is 0 Å². The van der Waals surface area contributed by atoms with Crippen LogP contribution in [0.1, 0.15) is 60.9 Å². The van der Waals surface area contributed by atoms with Crippen molar-refractivity contribution in [3.05, 3.63) is 59.4 Å². The highest BCUT2D eigenvalue weighted by Gasteiger charge is 2.19. The molecule has 0 radical (unpaired) electrons. The summed E-state index contributed by atoms with van der Waals surface area (Å²) in [7, 11) is 0. The second kappa shape index (κ2) is 7.93. The molecule has 0 aliphatic heterocycles. The fourth-order valence-corrected chi connectivity index (χ4v) is 2.66. The average Bonchev–Trinajstić information content (AvgIpc) is 2.54. The summed E-state index contributed by atoms with van der Waals surface area (Å²) in [4.78, 5) is 17.1. The molecule has 1 aromatic heterocycles. The summed E-state index contributed by atoms with van der Waals surface area (Å²) in [5.41, 5.74) is 14.6. The van der Waals surface area contributed by atoms with Gasteiger partial charge in [-0.15, -0.1) is 0 Å². The molecule has 0 spiro atoms. The van der Waals surface area contributed by atoms with Gasteiger partial charge in [0.1, 0.15) is 0 Å². The molecule has 0 bridgehead atoms. The van der Waals surface area contributed by atoms with Gasteiger partial charge in [0.25, 0.3) is 5.91 Å². The van der Waals surface area contributed by atoms with Crippen molar-refractivity contribution in [1.82, 2.24) is 10.3 Å². The first-order chi connectivity index (χ1) is 11.4. The van der Waals surface area contributed by atoms with E-state index in [1.54, 1.807) is 24.4 Å². The van der Waals surface area contributed by atoms with Crippen molar-refractivity contribution in [2.75, 3.05) is 5.73 Å². The summed E-state index contributed by atoms with van der Waals surface area (Å²) in [5, 5.41) is 3.08. The van der Waals surface area contributed by atoms with E-state index in [0.717, 1.165) is 17.7 Å². The predicted octanol–water partition coefficient (Wildman–Crippen LogP) is 3.20. The Balaban J connectivity index is 2.23. The Bertz CT molecular complexity index is 683. The van der Waals surface area contributed by atoms with Gasteiger partial charge in [0, 0.05) is 23.5 Å². The first-order valence-corrected chi connectivity index (χ1v) is 8.25. The summed E-state index contributed by atoms with van der Waals surface area (Å²) < 4.78 is 0. The number of benzene rings is 1. The third-order valence-electron chi connectivity index (χ3n) is 3.90. The number of nitrogens with one attached hydrogen (secondary N) is 1. The summed E-state index contributed by atoms with van der Waals surface area (Å²) in [6.45, 7) is 6.10. The van der Waals surface area contributed by atoms with Gasteiger partial charge < -0.3 is 16.8 Å². The molecule has 0 fully saturated rings. The summed E-state index contributed by atoms with van der Waals surface area (Å²) in [6.07, 6.45) is 2.56. The standard InChI is InChI=1S/C19H26N4O/c1-12(2)10-18(17-6-4-5-9-22-17)23-19(24)14-7-8-16(21)15(11-14)13(3)20/h4-9,11-13,18H,10,20-21H2,1-3H3,(H,23,24). The molecule has 0 saturated heterocycles. The second-order valence-corrected chi connectivity index (χ2v) is 6.54. The van der Waals surface area contributed by atoms with Gasteiger partial charge in [0.2, 0.25) is 0 Å². The molecule has 2 unspecified atom stereocenters. The van der Waals surface area contributed by atoms with E-state index in [9.17, 15) is 4.79 Å². The molecule has 5 heteroatoms. The fraction of sp³-hybridized carbons (Fsp3) is 0.368. The van der Waals surface area contributed by atoms with Crippen LogP contribution in [-0.2, 0) is 0 Å². The minimum absolute atomic E-state index is 0.130. The molecular formula is C19H26N4O. The maximum Gasteiger partial charge on any atom is 0.251 e. The van der Waals surface area contributed by atoms with Crippen LogP contribution in [0.5, 0.6) is 0 Å². The first kappa shape index (κ1) is 17.9. The van der Waals surface area contributed by atoms with E-state index in [0.29, 0.717) is 17.2 Å². The Morgan fingerprint density at radius 3 is 2.54 bits per heavy atom. The third-order valence-corrected chi connectivity index (χ3v) is 3.90. The van der Waals surface area contributed by atoms with Gasteiger partial charge in [0.05, 0.1) is 11.7 Å². The minimum Gasteiger partial charge on any atom is -0.398 e. The molecule has 0 aliphatic carbocycles. The van der Waals surface area contributed by atoms with Crippen molar-refractivity contribution in [2.45, 2.75) is 39.3 Å². The van der Waals surface area contributed by atoms with Gasteiger partial charge in [-0.2, -0.15) is 0 Å². The first-order valence-electron chi connectivity index (χ1n) is 8.25. The zero-order valence-electron chi connectivity index (χ0n) is 14.5. The van der Waals surface area contributed by atoms with Crippen LogP contribution in [0.25, 0.3) is 0 Å². The maximum absolute atomic E-state index is 12.7. The normalized spacial score (nSPS) is 13.5. The van der Waals surface area contributed by atoms with E-state index in [4.69, 9.17) is 11.5 Å². The number of nitrogen functional groups attached to an aromatic ring is 1. The van der Waals surface area contributed by atoms with Crippen molar-refractivity contribution in [3.63, 3.8) is 0 Å². The van der Waals surface area contributed by atoms with Crippen LogP contribution >= 0.6 is 0 Å². The van der Waals surface area contributed by atoms with Crippen molar-refractivity contribution < 1.29 is 4.79 Å². The van der Waals surface area contributed by atoms with Crippen LogP contribution in [-0.4, -0.2) is 10.9 Å². The summed E-state index contributed by atoms with van der Waals surface area (Å²) in [5.74, 6) is 0.288. The maximum atomic E-state index is 12.7. The third kappa shape index (κ3) is 4.55. The van der Waals surface area contributed by atoms with Crippen LogP contribution < -0.4 is 16.8 Å². The number of carbonyl (C=O) groups excluding carboxylic acids is 1. The molecule has 5 nitrogen and oxygen atoms in total. The number of nitrogens with two attached hydrogens (primary N) is 2. The predicted molar refractivity (Wildman–Crippen MR) is 97.4 cm³/mol. The van der Waals surface area contributed by atoms with Crippen molar-refractivity contribution in [3.8, 4) is 0 Å². The molecule has 0 saturated carbocycles. The van der Waals surface area contributed by atoms with Gasteiger partial charge in [-0.3, -0.25) is 9.78 Å². The van der Waals surface area contributed by atoms with E-state index in [1.807, 2.05) is 25.1 Å². The molecular weight excluding hydrogens is 300 g/mol. The average molecular weight is 326 g/mol. The number of hydrogen-bond donors (Lipinski definition) is 3. The lowest BCUT2D eigenvalue weighted by atomic mass is 9.99. The second-order valence-electron chi connectivity index (χ2n) is 6.54. The van der Waals surface area contributed by atoms with Crippen molar-refractivity contribution in [1.29, 1.82) is 0 Å². The minimum atomic E-state index is -0.222. The van der Waals surface area contributed by atoms with E-state index in [2.05, 4.69) is 24.1 Å². The number of carbonyl (C=O) groups is 1. The molecule has 24 heavy (non-hydrogen) atoms. The largest absolute Gasteiger partial charge is 0.398 e. The molecule has 2 aromatic rings. The molecule has 128 valence electrons. The Hall–Kier alpha value is -2.40. The Kier molecular flexibility index (Phi) is 5.93. The summed E-state index contributed by atoms with van der Waals surface area (Å²) in [6, 6.07) is 10.6. The number of anilines is 1. The SMILES string of the molecule is CC(C)CC(NC(=O)c1ccc(N)c(C(C)N)c1)c1ccccn1. The Labute approximate surface area is 143 Å². The van der Waals surface area contributed by atoms with Crippen LogP contribution in [0.15, 0.2) is 42.6 Å². The lowest BCUT2D eigenvalue weighted by molar-refractivity contribution is 0.0931. The number of rotatable bonds is 6. The van der Waals surface area contributed by atoms with Gasteiger partial charge in [0.15, 0.2) is 0 Å². The number of hydrogen-bond acceptors (Lipinski definition) is 4. The van der Waals surface area contributed by atoms with E-state index >= 15 is 0 Å². The Morgan fingerprint density at radius 1 is 1.21 bits per heavy atom. The molecule has 2 atom stereocenters. The van der Waals surface area contributed by atoms with E-state index in [-0.39, 0.29) is 18.0 Å². The zero-order valence-corrected chi connectivity index (χ0v) is 14.5. The van der Waals surface area contributed by atoms with Crippen molar-refractivity contribution in [2.24, 2.45) is 11.7 Å². The molecule has 5 N–H and O–H groups in total. The summed E-state index contributed by atoms with van der Waals surface area (Å²) >= 11 is 0. The van der Waals surface area contributed by atoms with Crippen LogP contribution in [0, 0.1) is 5.92 Å². The topological polar surface area (TPSA) is 94.0 Å². The molecule has 0 aliphatic rings. The molecule has 1 aromatic carbocycles. The van der Waals surface area contributed by atoms with E-state index in [1.165, 1.54) is 0 Å². The quantitative estimate of drug-likeness (QED) is 0.711. The van der Waals surface area contributed by atoms with Gasteiger partial charge >= 0.3 is 0 Å². The number of pyridine rings is 1. The molecule has 1 amide bonds. The number of amides is 1. The smallest absolute Gasteiger partial charge is 0.251 e. The van der Waals surface area contributed by atoms with Gasteiger partial charge in [-0.05, 0) is 55.2 Å². The number of nitrogens with zero attached hydrogens (tertiary/aromatic N) is 1. The Morgan fingerprint density at radius 2 is 1.96 bits per heavy atom. The highest BCUT2D eigenvalue weighted by molar-refractivity contribution is 5.95. The lowest BCUT2D eigenvalue weighted by Crippen LogP contribution is -2.30. The van der Waals surface area contributed by atoms with Crippen molar-refractivity contribution >= 4 is 11.6 Å². The molecule has 2 rings (SSSR count). The monoisotopic (exact) mass is 326 g/mol. The fourth-order valence-electron chi connectivity index (χ4n) is 2.66. The number of aromatic nitrogens is 1. The van der Waals surface area contributed by atoms with Crippen LogP contribution in [0.3, 0.4) is 0 Å². The van der Waals surface area contributed by atoms with Crippen LogP contribution in [0.2, 0.25) is 0 Å². The van der Waals surface area contributed by atoms with Gasteiger partial charge in [-0.25, -0.2) is 0 Å². The highest BCUT2D eigenvalue weighted by atomic mass is 16.1.